The molecule has 0 aliphatic rings. The number of nitrogens with zero attached hydrogens (tertiary/aromatic N) is 1. The van der Waals surface area contributed by atoms with E-state index in [0.29, 0.717) is 17.8 Å². The summed E-state index contributed by atoms with van der Waals surface area (Å²) in [6.07, 6.45) is 0. The first-order valence-corrected chi connectivity index (χ1v) is 5.32. The average molecular weight is 257 g/mol. The molecule has 7 heteroatoms. The highest BCUT2D eigenvalue weighted by molar-refractivity contribution is 6.29. The average Bonchev–Trinajstić information content (AvgIpc) is 2.22. The number of carbonyl (C=O) groups is 2. The van der Waals surface area contributed by atoms with E-state index in [-0.39, 0.29) is 17.6 Å². The number of rotatable bonds is 4. The molecule has 17 heavy (non-hydrogen) atoms. The van der Waals surface area contributed by atoms with Gasteiger partial charge in [0.05, 0.1) is 0 Å². The van der Waals surface area contributed by atoms with Gasteiger partial charge in [-0.25, -0.2) is 9.78 Å². The molecule has 0 aliphatic carbocycles. The van der Waals surface area contributed by atoms with Crippen LogP contribution in [0.25, 0.3) is 0 Å². The number of halogens is 1. The van der Waals surface area contributed by atoms with E-state index in [0.717, 1.165) is 0 Å². The zero-order valence-corrected chi connectivity index (χ0v) is 10.0. The summed E-state index contributed by atoms with van der Waals surface area (Å²) in [5.74, 6) is -0.274. The van der Waals surface area contributed by atoms with E-state index in [2.05, 4.69) is 15.6 Å². The van der Waals surface area contributed by atoms with Crippen LogP contribution < -0.4 is 16.4 Å². The van der Waals surface area contributed by atoms with Gasteiger partial charge in [-0.15, -0.1) is 0 Å². The van der Waals surface area contributed by atoms with E-state index in [1.165, 1.54) is 6.07 Å². The van der Waals surface area contributed by atoms with Crippen molar-refractivity contribution < 1.29 is 9.59 Å². The van der Waals surface area contributed by atoms with Crippen LogP contribution in [0.5, 0.6) is 0 Å². The lowest BCUT2D eigenvalue weighted by atomic mass is 10.2. The molecule has 0 fully saturated rings. The molecule has 3 amide bonds. The molecular formula is C10H13ClN4O2. The summed E-state index contributed by atoms with van der Waals surface area (Å²) in [5.41, 5.74) is 5.97. The highest BCUT2D eigenvalue weighted by atomic mass is 35.5. The number of hydrogen-bond acceptors (Lipinski definition) is 3. The van der Waals surface area contributed by atoms with E-state index < -0.39 is 6.03 Å². The third-order valence-corrected chi connectivity index (χ3v) is 2.09. The van der Waals surface area contributed by atoms with Crippen molar-refractivity contribution in [3.05, 3.63) is 28.5 Å². The first-order valence-electron chi connectivity index (χ1n) is 4.94. The number of pyridine rings is 1. The maximum absolute atomic E-state index is 11.7. The van der Waals surface area contributed by atoms with E-state index in [1.54, 1.807) is 13.0 Å². The standard InChI is InChI=1S/C10H13ClN4O2/c1-6-4-7(5-8(11)15-6)9(16)13-2-3-14-10(12)17/h4-5H,2-3H2,1H3,(H,13,16)(H3,12,14,17). The topological polar surface area (TPSA) is 97.1 Å². The van der Waals surface area contributed by atoms with Crippen molar-refractivity contribution in [1.29, 1.82) is 0 Å². The zero-order valence-electron chi connectivity index (χ0n) is 9.29. The summed E-state index contributed by atoms with van der Waals surface area (Å²) in [6, 6.07) is 2.48. The van der Waals surface area contributed by atoms with Crippen LogP contribution in [0, 0.1) is 6.92 Å². The van der Waals surface area contributed by atoms with E-state index >= 15 is 0 Å². The summed E-state index contributed by atoms with van der Waals surface area (Å²) >= 11 is 5.73. The number of aryl methyl sites for hydroxylation is 1. The zero-order chi connectivity index (χ0) is 12.8. The van der Waals surface area contributed by atoms with Crippen molar-refractivity contribution in [3.8, 4) is 0 Å². The molecule has 0 aliphatic heterocycles. The molecule has 0 spiro atoms. The molecule has 6 nitrogen and oxygen atoms in total. The van der Waals surface area contributed by atoms with Crippen LogP contribution in [-0.4, -0.2) is 30.0 Å². The van der Waals surface area contributed by atoms with Gasteiger partial charge in [0.1, 0.15) is 5.15 Å². The van der Waals surface area contributed by atoms with Gasteiger partial charge >= 0.3 is 6.03 Å². The molecule has 0 saturated carbocycles. The minimum atomic E-state index is -0.623. The Balaban J connectivity index is 2.49. The molecule has 1 heterocycles. The number of amides is 3. The smallest absolute Gasteiger partial charge is 0.312 e. The third-order valence-electron chi connectivity index (χ3n) is 1.89. The Kier molecular flexibility index (Phi) is 4.71. The van der Waals surface area contributed by atoms with Gasteiger partial charge in [0.25, 0.3) is 5.91 Å². The molecule has 4 N–H and O–H groups in total. The van der Waals surface area contributed by atoms with Crippen molar-refractivity contribution in [3.63, 3.8) is 0 Å². The van der Waals surface area contributed by atoms with Gasteiger partial charge in [0.2, 0.25) is 0 Å². The normalized spacial score (nSPS) is 9.76. The minimum absolute atomic E-state index is 0.269. The second-order valence-corrected chi connectivity index (χ2v) is 3.75. The quantitative estimate of drug-likeness (QED) is 0.539. The van der Waals surface area contributed by atoms with Crippen LogP contribution in [0.4, 0.5) is 4.79 Å². The summed E-state index contributed by atoms with van der Waals surface area (Å²) < 4.78 is 0. The molecule has 0 atom stereocenters. The molecule has 0 radical (unpaired) electrons. The highest BCUT2D eigenvalue weighted by Crippen LogP contribution is 2.09. The molecule has 0 saturated heterocycles. The number of nitrogens with two attached hydrogens (primary N) is 1. The highest BCUT2D eigenvalue weighted by Gasteiger charge is 2.07. The Morgan fingerprint density at radius 3 is 2.59 bits per heavy atom. The summed E-state index contributed by atoms with van der Waals surface area (Å²) in [4.78, 5) is 26.0. The van der Waals surface area contributed by atoms with Gasteiger partial charge in [-0.3, -0.25) is 4.79 Å². The third kappa shape index (κ3) is 4.69. The molecule has 1 aromatic rings. The Labute approximate surface area is 104 Å². The van der Waals surface area contributed by atoms with Crippen LogP contribution in [0.3, 0.4) is 0 Å². The molecular weight excluding hydrogens is 244 g/mol. The van der Waals surface area contributed by atoms with Crippen molar-refractivity contribution in [2.75, 3.05) is 13.1 Å². The number of nitrogens with one attached hydrogen (secondary N) is 2. The van der Waals surface area contributed by atoms with Crippen molar-refractivity contribution in [2.45, 2.75) is 6.92 Å². The SMILES string of the molecule is Cc1cc(C(=O)NCCNC(N)=O)cc(Cl)n1. The first-order chi connectivity index (χ1) is 7.99. The van der Waals surface area contributed by atoms with Gasteiger partial charge in [-0.05, 0) is 19.1 Å². The maximum atomic E-state index is 11.7. The fourth-order valence-corrected chi connectivity index (χ4v) is 1.47. The number of hydrogen-bond donors (Lipinski definition) is 3. The summed E-state index contributed by atoms with van der Waals surface area (Å²) in [6.45, 7) is 2.32. The molecule has 92 valence electrons. The molecule has 0 unspecified atom stereocenters. The molecule has 0 aromatic carbocycles. The fraction of sp³-hybridized carbons (Fsp3) is 0.300. The number of carbonyl (C=O) groups excluding carboxylic acids is 2. The predicted octanol–water partition coefficient (Wildman–Crippen LogP) is 0.442. The van der Waals surface area contributed by atoms with Gasteiger partial charge in [-0.1, -0.05) is 11.6 Å². The number of aromatic nitrogens is 1. The van der Waals surface area contributed by atoms with Crippen molar-refractivity contribution in [1.82, 2.24) is 15.6 Å². The van der Waals surface area contributed by atoms with Crippen molar-refractivity contribution >= 4 is 23.5 Å². The Morgan fingerprint density at radius 2 is 2.00 bits per heavy atom. The molecule has 1 rings (SSSR count). The summed E-state index contributed by atoms with van der Waals surface area (Å²) in [5, 5.41) is 5.24. The second kappa shape index (κ2) is 6.05. The van der Waals surface area contributed by atoms with E-state index in [1.807, 2.05) is 0 Å². The van der Waals surface area contributed by atoms with Crippen LogP contribution >= 0.6 is 11.6 Å². The van der Waals surface area contributed by atoms with Crippen LogP contribution in [0.2, 0.25) is 5.15 Å². The van der Waals surface area contributed by atoms with Crippen LogP contribution in [-0.2, 0) is 0 Å². The lowest BCUT2D eigenvalue weighted by molar-refractivity contribution is 0.0953. The first kappa shape index (κ1) is 13.2. The van der Waals surface area contributed by atoms with Gasteiger partial charge < -0.3 is 16.4 Å². The van der Waals surface area contributed by atoms with Crippen LogP contribution in [0.1, 0.15) is 16.1 Å². The fourth-order valence-electron chi connectivity index (χ4n) is 1.22. The number of urea groups is 1. The monoisotopic (exact) mass is 256 g/mol. The maximum Gasteiger partial charge on any atom is 0.312 e. The van der Waals surface area contributed by atoms with Gasteiger partial charge in [-0.2, -0.15) is 0 Å². The number of primary amides is 1. The lowest BCUT2D eigenvalue weighted by Crippen LogP contribution is -2.37. The minimum Gasteiger partial charge on any atom is -0.352 e. The predicted molar refractivity (Wildman–Crippen MR) is 63.9 cm³/mol. The molecule has 0 bridgehead atoms. The molecule has 1 aromatic heterocycles. The Bertz CT molecular complexity index is 416. The largest absolute Gasteiger partial charge is 0.352 e. The van der Waals surface area contributed by atoms with Crippen molar-refractivity contribution in [2.24, 2.45) is 5.73 Å². The van der Waals surface area contributed by atoms with Crippen LogP contribution in [0.15, 0.2) is 12.1 Å². The van der Waals surface area contributed by atoms with E-state index in [4.69, 9.17) is 17.3 Å². The summed E-state index contributed by atoms with van der Waals surface area (Å²) in [7, 11) is 0. The second-order valence-electron chi connectivity index (χ2n) is 3.37. The van der Waals surface area contributed by atoms with Gasteiger partial charge in [0, 0.05) is 24.3 Å². The Morgan fingerprint density at radius 1 is 1.35 bits per heavy atom. The van der Waals surface area contributed by atoms with E-state index in [9.17, 15) is 9.59 Å². The van der Waals surface area contributed by atoms with Gasteiger partial charge in [0.15, 0.2) is 0 Å². The Hall–Kier alpha value is -1.82. The lowest BCUT2D eigenvalue weighted by Gasteiger charge is -2.06.